The fourth-order valence-corrected chi connectivity index (χ4v) is 3.01. The van der Waals surface area contributed by atoms with Crippen LogP contribution in [-0.2, 0) is 19.9 Å². The summed E-state index contributed by atoms with van der Waals surface area (Å²) in [6, 6.07) is 6.89. The molecular formula is C13H19N3S. The van der Waals surface area contributed by atoms with E-state index in [1.54, 1.807) is 0 Å². The smallest absolute Gasteiger partial charge is 0.0553 e. The van der Waals surface area contributed by atoms with E-state index < -0.39 is 0 Å². The van der Waals surface area contributed by atoms with Crippen LogP contribution in [0.2, 0.25) is 0 Å². The van der Waals surface area contributed by atoms with E-state index in [9.17, 15) is 0 Å². The molecule has 4 heteroatoms. The van der Waals surface area contributed by atoms with E-state index in [0.717, 1.165) is 12.8 Å². The van der Waals surface area contributed by atoms with Gasteiger partial charge in [0.05, 0.1) is 11.7 Å². The van der Waals surface area contributed by atoms with Crippen molar-refractivity contribution in [3.63, 3.8) is 0 Å². The summed E-state index contributed by atoms with van der Waals surface area (Å²) in [5.74, 6) is 0. The quantitative estimate of drug-likeness (QED) is 0.882. The van der Waals surface area contributed by atoms with Crippen LogP contribution in [0.1, 0.15) is 28.4 Å². The third kappa shape index (κ3) is 2.76. The molecule has 2 aromatic rings. The van der Waals surface area contributed by atoms with Gasteiger partial charge in [0.1, 0.15) is 0 Å². The van der Waals surface area contributed by atoms with Crippen molar-refractivity contribution in [1.82, 2.24) is 15.1 Å². The predicted molar refractivity (Wildman–Crippen MR) is 72.4 cm³/mol. The van der Waals surface area contributed by atoms with Crippen molar-refractivity contribution in [3.8, 4) is 0 Å². The molecule has 1 atom stereocenters. The van der Waals surface area contributed by atoms with E-state index in [4.69, 9.17) is 0 Å². The van der Waals surface area contributed by atoms with E-state index in [1.165, 1.54) is 15.4 Å². The molecule has 17 heavy (non-hydrogen) atoms. The Bertz CT molecular complexity index is 472. The van der Waals surface area contributed by atoms with Crippen LogP contribution in [0.25, 0.3) is 0 Å². The summed E-state index contributed by atoms with van der Waals surface area (Å²) >= 11 is 1.91. The van der Waals surface area contributed by atoms with E-state index in [0.29, 0.717) is 6.04 Å². The lowest BCUT2D eigenvalue weighted by Gasteiger charge is -2.15. The molecule has 0 amide bonds. The summed E-state index contributed by atoms with van der Waals surface area (Å²) in [7, 11) is 4.00. The van der Waals surface area contributed by atoms with Gasteiger partial charge in [-0.15, -0.1) is 11.3 Å². The van der Waals surface area contributed by atoms with Crippen LogP contribution in [0.5, 0.6) is 0 Å². The zero-order valence-electron chi connectivity index (χ0n) is 10.6. The summed E-state index contributed by atoms with van der Waals surface area (Å²) in [5, 5.41) is 7.60. The van der Waals surface area contributed by atoms with Crippen LogP contribution in [0, 0.1) is 0 Å². The normalized spacial score (nSPS) is 12.9. The Balaban J connectivity index is 2.12. The summed E-state index contributed by atoms with van der Waals surface area (Å²) in [4.78, 5) is 2.89. The summed E-state index contributed by atoms with van der Waals surface area (Å²) in [6.45, 7) is 2.20. The molecule has 2 rings (SSSR count). The maximum absolute atomic E-state index is 4.23. The van der Waals surface area contributed by atoms with Crippen molar-refractivity contribution in [3.05, 3.63) is 39.8 Å². The van der Waals surface area contributed by atoms with Gasteiger partial charge in [0.25, 0.3) is 0 Å². The molecule has 0 fully saturated rings. The molecule has 0 bridgehead atoms. The number of nitrogens with zero attached hydrogens (tertiary/aromatic N) is 2. The second kappa shape index (κ2) is 5.47. The van der Waals surface area contributed by atoms with Crippen molar-refractivity contribution < 1.29 is 0 Å². The van der Waals surface area contributed by atoms with Gasteiger partial charge in [0.15, 0.2) is 0 Å². The first kappa shape index (κ1) is 12.3. The molecule has 0 aliphatic heterocycles. The van der Waals surface area contributed by atoms with Crippen molar-refractivity contribution in [2.45, 2.75) is 25.8 Å². The van der Waals surface area contributed by atoms with Crippen LogP contribution >= 0.6 is 11.3 Å². The molecule has 2 aromatic heterocycles. The van der Waals surface area contributed by atoms with Crippen LogP contribution in [-0.4, -0.2) is 16.8 Å². The SMILES string of the molecule is CCc1ccc(CC(NC)c2ccnn2C)s1. The van der Waals surface area contributed by atoms with Gasteiger partial charge in [-0.25, -0.2) is 0 Å². The van der Waals surface area contributed by atoms with Crippen molar-refractivity contribution in [2.24, 2.45) is 7.05 Å². The topological polar surface area (TPSA) is 29.9 Å². The lowest BCUT2D eigenvalue weighted by Crippen LogP contribution is -2.21. The van der Waals surface area contributed by atoms with Crippen LogP contribution in [0.4, 0.5) is 0 Å². The predicted octanol–water partition coefficient (Wildman–Crippen LogP) is 2.55. The Morgan fingerprint density at radius 3 is 2.65 bits per heavy atom. The maximum atomic E-state index is 4.23. The Morgan fingerprint density at radius 2 is 2.12 bits per heavy atom. The molecule has 3 nitrogen and oxygen atoms in total. The number of nitrogens with one attached hydrogen (secondary N) is 1. The zero-order valence-corrected chi connectivity index (χ0v) is 11.4. The summed E-state index contributed by atoms with van der Waals surface area (Å²) < 4.78 is 1.94. The monoisotopic (exact) mass is 249 g/mol. The molecule has 1 unspecified atom stereocenters. The molecule has 0 aromatic carbocycles. The van der Waals surface area contributed by atoms with Gasteiger partial charge in [-0.1, -0.05) is 6.92 Å². The van der Waals surface area contributed by atoms with Crippen LogP contribution in [0.3, 0.4) is 0 Å². The number of hydrogen-bond donors (Lipinski definition) is 1. The average Bonchev–Trinajstić information content (AvgIpc) is 2.95. The molecule has 0 aliphatic carbocycles. The van der Waals surface area contributed by atoms with E-state index in [1.807, 2.05) is 36.3 Å². The molecular weight excluding hydrogens is 230 g/mol. The van der Waals surface area contributed by atoms with Gasteiger partial charge < -0.3 is 5.32 Å². The summed E-state index contributed by atoms with van der Waals surface area (Å²) in [5.41, 5.74) is 1.24. The summed E-state index contributed by atoms with van der Waals surface area (Å²) in [6.07, 6.45) is 4.01. The van der Waals surface area contributed by atoms with Gasteiger partial charge in [-0.05, 0) is 31.7 Å². The standard InChI is InChI=1S/C13H19N3S/c1-4-10-5-6-11(17-10)9-12(14-2)13-7-8-15-16(13)3/h5-8,12,14H,4,9H2,1-3H3. The number of likely N-dealkylation sites (N-methyl/N-ethyl adjacent to an activating group) is 1. The zero-order chi connectivity index (χ0) is 12.3. The molecule has 0 saturated carbocycles. The second-order valence-electron chi connectivity index (χ2n) is 4.15. The molecule has 0 saturated heterocycles. The van der Waals surface area contributed by atoms with Gasteiger partial charge >= 0.3 is 0 Å². The number of rotatable bonds is 5. The Hall–Kier alpha value is -1.13. The minimum atomic E-state index is 0.339. The maximum Gasteiger partial charge on any atom is 0.0553 e. The lowest BCUT2D eigenvalue weighted by molar-refractivity contribution is 0.540. The highest BCUT2D eigenvalue weighted by Gasteiger charge is 2.14. The van der Waals surface area contributed by atoms with Crippen LogP contribution < -0.4 is 5.32 Å². The van der Waals surface area contributed by atoms with E-state index >= 15 is 0 Å². The Morgan fingerprint density at radius 1 is 1.35 bits per heavy atom. The van der Waals surface area contributed by atoms with Crippen molar-refractivity contribution in [1.29, 1.82) is 0 Å². The first-order valence-electron chi connectivity index (χ1n) is 5.97. The van der Waals surface area contributed by atoms with Crippen molar-refractivity contribution >= 4 is 11.3 Å². The van der Waals surface area contributed by atoms with E-state index in [-0.39, 0.29) is 0 Å². The van der Waals surface area contributed by atoms with Crippen molar-refractivity contribution in [2.75, 3.05) is 7.05 Å². The minimum absolute atomic E-state index is 0.339. The van der Waals surface area contributed by atoms with Gasteiger partial charge in [-0.2, -0.15) is 5.10 Å². The largest absolute Gasteiger partial charge is 0.311 e. The van der Waals surface area contributed by atoms with Gasteiger partial charge in [0.2, 0.25) is 0 Å². The fourth-order valence-electron chi connectivity index (χ4n) is 2.00. The molecule has 1 N–H and O–H groups in total. The average molecular weight is 249 g/mol. The highest BCUT2D eigenvalue weighted by molar-refractivity contribution is 7.11. The third-order valence-corrected chi connectivity index (χ3v) is 4.29. The highest BCUT2D eigenvalue weighted by Crippen LogP contribution is 2.23. The highest BCUT2D eigenvalue weighted by atomic mass is 32.1. The number of aryl methyl sites for hydroxylation is 2. The Kier molecular flexibility index (Phi) is 3.97. The van der Waals surface area contributed by atoms with Gasteiger partial charge in [0, 0.05) is 29.4 Å². The fraction of sp³-hybridized carbons (Fsp3) is 0.462. The van der Waals surface area contributed by atoms with Crippen LogP contribution in [0.15, 0.2) is 24.4 Å². The number of hydrogen-bond acceptors (Lipinski definition) is 3. The number of thiophene rings is 1. The second-order valence-corrected chi connectivity index (χ2v) is 5.40. The first-order valence-corrected chi connectivity index (χ1v) is 6.79. The Labute approximate surface area is 106 Å². The molecule has 0 spiro atoms. The number of aromatic nitrogens is 2. The molecule has 0 aliphatic rings. The molecule has 0 radical (unpaired) electrons. The third-order valence-electron chi connectivity index (χ3n) is 3.04. The van der Waals surface area contributed by atoms with E-state index in [2.05, 4.69) is 35.5 Å². The molecule has 92 valence electrons. The first-order chi connectivity index (χ1) is 8.24. The lowest BCUT2D eigenvalue weighted by atomic mass is 10.1. The minimum Gasteiger partial charge on any atom is -0.311 e. The molecule has 2 heterocycles. The van der Waals surface area contributed by atoms with Gasteiger partial charge in [-0.3, -0.25) is 4.68 Å².